The number of halogens is 1. The van der Waals surface area contributed by atoms with Gasteiger partial charge < -0.3 is 21.7 Å². The Labute approximate surface area is 261 Å². The number of amides is 2. The van der Waals surface area contributed by atoms with E-state index in [1.165, 1.54) is 0 Å². The number of primary amides is 2. The van der Waals surface area contributed by atoms with Gasteiger partial charge >= 0.3 is 0 Å². The van der Waals surface area contributed by atoms with Crippen molar-refractivity contribution >= 4 is 40.4 Å². The first-order valence-electron chi connectivity index (χ1n) is 14.1. The van der Waals surface area contributed by atoms with Gasteiger partial charge in [0.05, 0.1) is 22.8 Å². The molecule has 0 aromatic carbocycles. The highest BCUT2D eigenvalue weighted by Crippen LogP contribution is 2.35. The Bertz CT molecular complexity index is 1740. The van der Waals surface area contributed by atoms with Gasteiger partial charge in [0, 0.05) is 66.2 Å². The van der Waals surface area contributed by atoms with Gasteiger partial charge in [0.25, 0.3) is 11.8 Å². The molecule has 3 aliphatic rings. The first-order valence-corrected chi connectivity index (χ1v) is 15.2. The number of carbonyl (C=O) groups is 2. The van der Waals surface area contributed by atoms with Gasteiger partial charge in [-0.05, 0) is 69.8 Å². The second-order valence-corrected chi connectivity index (χ2v) is 12.1. The summed E-state index contributed by atoms with van der Waals surface area (Å²) in [7, 11) is 5.77. The van der Waals surface area contributed by atoms with Gasteiger partial charge in [0.15, 0.2) is 15.2 Å². The number of piperidine rings is 1. The molecule has 0 atom stereocenters. The van der Waals surface area contributed by atoms with Gasteiger partial charge in [-0.1, -0.05) is 0 Å². The van der Waals surface area contributed by atoms with Crippen LogP contribution in [0.3, 0.4) is 0 Å². The van der Waals surface area contributed by atoms with Crippen molar-refractivity contribution in [2.24, 2.45) is 25.6 Å². The Balaban J connectivity index is 0.000000162. The quantitative estimate of drug-likeness (QED) is 0.207. The second-order valence-electron chi connectivity index (χ2n) is 11.1. The zero-order valence-corrected chi connectivity index (χ0v) is 26.4. The van der Waals surface area contributed by atoms with Crippen LogP contribution < -0.4 is 16.8 Å². The minimum Gasteiger partial charge on any atom is -0.364 e. The molecule has 14 nitrogen and oxygen atoms in total. The lowest BCUT2D eigenvalue weighted by Crippen LogP contribution is -2.37. The van der Waals surface area contributed by atoms with Gasteiger partial charge in [-0.3, -0.25) is 19.0 Å². The molecule has 5 N–H and O–H groups in total. The minimum absolute atomic E-state index is 0.353. The number of rotatable bonds is 4. The number of nitrogens with zero attached hydrogens (tertiary/aromatic N) is 9. The summed E-state index contributed by atoms with van der Waals surface area (Å²) in [6, 6.07) is 0.394. The number of likely N-dealkylation sites (tertiary alicyclic amines) is 1. The largest absolute Gasteiger partial charge is 0.364 e. The lowest BCUT2D eigenvalue weighted by Gasteiger charge is -2.29. The third-order valence-electron chi connectivity index (χ3n) is 8.25. The third-order valence-corrected chi connectivity index (χ3v) is 8.77. The molecule has 0 radical (unpaired) electrons. The van der Waals surface area contributed by atoms with Crippen molar-refractivity contribution in [3.8, 4) is 22.8 Å². The van der Waals surface area contributed by atoms with Crippen LogP contribution in [0.25, 0.3) is 22.8 Å². The first-order chi connectivity index (χ1) is 20.6. The van der Waals surface area contributed by atoms with Gasteiger partial charge in [-0.2, -0.15) is 10.2 Å². The lowest BCUT2D eigenvalue weighted by atomic mass is 9.93. The molecule has 0 bridgehead atoms. The molecule has 7 rings (SSSR count). The SMILES string of the molecule is CN1CCC(Nc2ncc3c(n2)-c2c(c(C(N)=O)nn2C)CC3)CC1.Cn1nc(C(N)=O)c2c1-c1nc(I)ncc1CC2. The third kappa shape index (κ3) is 5.58. The van der Waals surface area contributed by atoms with Crippen LogP contribution in [0.1, 0.15) is 56.1 Å². The summed E-state index contributed by atoms with van der Waals surface area (Å²) >= 11 is 2.07. The fourth-order valence-corrected chi connectivity index (χ4v) is 6.47. The minimum atomic E-state index is -0.487. The molecule has 2 amide bonds. The number of aromatic nitrogens is 8. The van der Waals surface area contributed by atoms with E-state index in [9.17, 15) is 9.59 Å². The van der Waals surface area contributed by atoms with Crippen molar-refractivity contribution in [2.45, 2.75) is 44.6 Å². The summed E-state index contributed by atoms with van der Waals surface area (Å²) in [6.45, 7) is 2.16. The van der Waals surface area contributed by atoms with E-state index in [0.29, 0.717) is 27.2 Å². The average molecular weight is 697 g/mol. The van der Waals surface area contributed by atoms with Crippen LogP contribution in [0, 0.1) is 3.83 Å². The van der Waals surface area contributed by atoms with E-state index in [4.69, 9.17) is 16.5 Å². The number of aryl methyl sites for hydroxylation is 4. The molecule has 4 aromatic rings. The number of hydrogen-bond acceptors (Lipinski definition) is 10. The van der Waals surface area contributed by atoms with E-state index in [1.54, 1.807) is 16.4 Å². The summed E-state index contributed by atoms with van der Waals surface area (Å²) in [4.78, 5) is 43.2. The van der Waals surface area contributed by atoms with Crippen LogP contribution in [0.5, 0.6) is 0 Å². The second kappa shape index (κ2) is 11.6. The topological polar surface area (TPSA) is 189 Å². The predicted molar refractivity (Wildman–Crippen MR) is 167 cm³/mol. The first kappa shape index (κ1) is 29.1. The standard InChI is InChI=1S/C17H23N7O.C11H10IN5O/c1-23-7-5-11(6-8-23)20-17-19-9-10-3-4-12-14(16(18)25)22-24(2)15(12)13(10)21-17;1-17-9-6(8(16-17)10(13)18)3-2-5-4-14-11(12)15-7(5)9/h9,11H,3-8H2,1-2H3,(H2,18,25)(H,19,20,21);4H,2-3H2,1H3,(H2,13,18). The molecular weight excluding hydrogens is 663 g/mol. The van der Waals surface area contributed by atoms with Crippen LogP contribution >= 0.6 is 22.6 Å². The Morgan fingerprint density at radius 1 is 0.814 bits per heavy atom. The van der Waals surface area contributed by atoms with Gasteiger partial charge in [-0.15, -0.1) is 0 Å². The Kier molecular flexibility index (Phi) is 7.85. The molecule has 0 saturated carbocycles. The Morgan fingerprint density at radius 3 is 1.86 bits per heavy atom. The number of hydrogen-bond donors (Lipinski definition) is 3. The van der Waals surface area contributed by atoms with Crippen molar-refractivity contribution < 1.29 is 9.59 Å². The molecule has 0 spiro atoms. The molecule has 1 saturated heterocycles. The number of anilines is 1. The van der Waals surface area contributed by atoms with E-state index in [-0.39, 0.29) is 0 Å². The smallest absolute Gasteiger partial charge is 0.269 e. The Hall–Kier alpha value is -3.99. The van der Waals surface area contributed by atoms with E-state index in [2.05, 4.69) is 65.0 Å². The zero-order chi connectivity index (χ0) is 30.4. The monoisotopic (exact) mass is 696 g/mol. The molecular formula is C28H33IN12O2. The van der Waals surface area contributed by atoms with Crippen molar-refractivity contribution in [3.05, 3.63) is 49.9 Å². The average Bonchev–Trinajstić information content (AvgIpc) is 3.52. The van der Waals surface area contributed by atoms with E-state index in [0.717, 1.165) is 96.6 Å². The van der Waals surface area contributed by atoms with Crippen LogP contribution in [-0.2, 0) is 39.8 Å². The summed E-state index contributed by atoms with van der Waals surface area (Å²) in [5.41, 5.74) is 19.0. The maximum Gasteiger partial charge on any atom is 0.269 e. The molecule has 2 aliphatic carbocycles. The van der Waals surface area contributed by atoms with Crippen LogP contribution in [0.4, 0.5) is 5.95 Å². The number of nitrogens with one attached hydrogen (secondary N) is 1. The maximum atomic E-state index is 11.7. The summed E-state index contributed by atoms with van der Waals surface area (Å²) in [6.07, 6.45) is 8.98. The fourth-order valence-electron chi connectivity index (χ4n) is 6.09. The summed E-state index contributed by atoms with van der Waals surface area (Å²) in [5.74, 6) is -0.332. The van der Waals surface area contributed by atoms with Crippen molar-refractivity contribution in [2.75, 3.05) is 25.5 Å². The van der Waals surface area contributed by atoms with E-state index in [1.807, 2.05) is 19.4 Å². The van der Waals surface area contributed by atoms with Gasteiger partial charge in [0.1, 0.15) is 0 Å². The highest BCUT2D eigenvalue weighted by atomic mass is 127. The fraction of sp³-hybridized carbons (Fsp3) is 0.429. The number of carbonyl (C=O) groups excluding carboxylic acids is 2. The zero-order valence-electron chi connectivity index (χ0n) is 24.3. The Morgan fingerprint density at radius 2 is 1.33 bits per heavy atom. The molecule has 43 heavy (non-hydrogen) atoms. The summed E-state index contributed by atoms with van der Waals surface area (Å²) < 4.78 is 4.07. The highest BCUT2D eigenvalue weighted by molar-refractivity contribution is 14.1. The van der Waals surface area contributed by atoms with E-state index < -0.39 is 11.8 Å². The van der Waals surface area contributed by atoms with Crippen molar-refractivity contribution in [1.29, 1.82) is 0 Å². The van der Waals surface area contributed by atoms with Crippen molar-refractivity contribution in [1.82, 2.24) is 44.4 Å². The lowest BCUT2D eigenvalue weighted by molar-refractivity contribution is 0.0985. The molecule has 224 valence electrons. The van der Waals surface area contributed by atoms with Gasteiger partial charge in [0.2, 0.25) is 5.95 Å². The molecule has 0 unspecified atom stereocenters. The van der Waals surface area contributed by atoms with E-state index >= 15 is 0 Å². The highest BCUT2D eigenvalue weighted by Gasteiger charge is 2.29. The molecule has 4 aromatic heterocycles. The molecule has 5 heterocycles. The van der Waals surface area contributed by atoms with Crippen LogP contribution in [0.15, 0.2) is 12.4 Å². The van der Waals surface area contributed by atoms with Crippen molar-refractivity contribution in [3.63, 3.8) is 0 Å². The summed E-state index contributed by atoms with van der Waals surface area (Å²) in [5, 5.41) is 12.0. The number of fused-ring (bicyclic) bond motifs is 6. The normalized spacial score (nSPS) is 15.8. The van der Waals surface area contributed by atoms with Crippen LogP contribution in [0.2, 0.25) is 0 Å². The number of nitrogens with two attached hydrogens (primary N) is 2. The molecule has 1 aliphatic heterocycles. The maximum absolute atomic E-state index is 11.7. The predicted octanol–water partition coefficient (Wildman–Crippen LogP) is 1.26. The molecule has 15 heteroatoms. The van der Waals surface area contributed by atoms with Crippen LogP contribution in [-0.4, -0.2) is 82.4 Å². The van der Waals surface area contributed by atoms with Gasteiger partial charge in [-0.25, -0.2) is 19.9 Å². The molecule has 1 fully saturated rings.